The van der Waals surface area contributed by atoms with Crippen LogP contribution in [-0.2, 0) is 7.05 Å². The maximum absolute atomic E-state index is 12.2. The molecule has 0 aliphatic heterocycles. The van der Waals surface area contributed by atoms with Crippen LogP contribution >= 0.6 is 0 Å². The Kier molecular flexibility index (Phi) is 3.09. The van der Waals surface area contributed by atoms with Crippen molar-refractivity contribution in [3.05, 3.63) is 42.5 Å². The molecule has 7 heteroatoms. The van der Waals surface area contributed by atoms with E-state index in [1.54, 1.807) is 30.2 Å². The molecule has 3 heterocycles. The molecule has 1 amide bonds. The monoisotopic (exact) mass is 284 g/mol. The van der Waals surface area contributed by atoms with Gasteiger partial charge in [0.1, 0.15) is 11.3 Å². The zero-order chi connectivity index (χ0) is 15.0. The first-order chi connectivity index (χ1) is 10.0. The smallest absolute Gasteiger partial charge is 0.277 e. The summed E-state index contributed by atoms with van der Waals surface area (Å²) < 4.78 is 3.46. The van der Waals surface area contributed by atoms with Gasteiger partial charge in [0.15, 0.2) is 5.82 Å². The lowest BCUT2D eigenvalue weighted by molar-refractivity contribution is 0.102. The number of aryl methyl sites for hydroxylation is 1. The van der Waals surface area contributed by atoms with Crippen LogP contribution in [0, 0.1) is 0 Å². The van der Waals surface area contributed by atoms with Crippen molar-refractivity contribution in [1.29, 1.82) is 0 Å². The molecule has 0 atom stereocenters. The average molecular weight is 284 g/mol. The van der Waals surface area contributed by atoms with Crippen LogP contribution in [0.5, 0.6) is 0 Å². The third kappa shape index (κ3) is 2.58. The number of nitrogens with one attached hydrogen (secondary N) is 1. The summed E-state index contributed by atoms with van der Waals surface area (Å²) in [6.45, 7) is 0. The Morgan fingerprint density at radius 2 is 2.05 bits per heavy atom. The van der Waals surface area contributed by atoms with Gasteiger partial charge in [-0.3, -0.25) is 9.48 Å². The van der Waals surface area contributed by atoms with Gasteiger partial charge in [0.05, 0.1) is 5.69 Å². The second-order valence-corrected chi connectivity index (χ2v) is 5.00. The first kappa shape index (κ1) is 13.2. The van der Waals surface area contributed by atoms with Gasteiger partial charge in [-0.05, 0) is 12.1 Å². The molecule has 0 radical (unpaired) electrons. The van der Waals surface area contributed by atoms with Gasteiger partial charge in [-0.25, -0.2) is 4.98 Å². The van der Waals surface area contributed by atoms with E-state index in [4.69, 9.17) is 0 Å². The van der Waals surface area contributed by atoms with Crippen molar-refractivity contribution in [2.24, 2.45) is 7.05 Å². The van der Waals surface area contributed by atoms with Gasteiger partial charge in [-0.15, -0.1) is 0 Å². The van der Waals surface area contributed by atoms with Crippen LogP contribution in [0.3, 0.4) is 0 Å². The number of carbonyl (C=O) groups is 1. The number of anilines is 2. The largest absolute Gasteiger partial charge is 0.376 e. The third-order valence-corrected chi connectivity index (χ3v) is 3.14. The van der Waals surface area contributed by atoms with Crippen molar-refractivity contribution >= 4 is 23.1 Å². The maximum atomic E-state index is 12.2. The normalized spacial score (nSPS) is 10.8. The molecule has 3 aromatic heterocycles. The van der Waals surface area contributed by atoms with Crippen molar-refractivity contribution in [1.82, 2.24) is 19.2 Å². The number of aromatic nitrogens is 4. The molecule has 3 aromatic rings. The van der Waals surface area contributed by atoms with E-state index >= 15 is 0 Å². The Labute approximate surface area is 121 Å². The van der Waals surface area contributed by atoms with Gasteiger partial charge in [0.2, 0.25) is 0 Å². The fourth-order valence-corrected chi connectivity index (χ4v) is 2.02. The molecule has 0 spiro atoms. The fourth-order valence-electron chi connectivity index (χ4n) is 2.02. The van der Waals surface area contributed by atoms with E-state index in [-0.39, 0.29) is 5.91 Å². The van der Waals surface area contributed by atoms with Crippen molar-refractivity contribution in [3.8, 4) is 0 Å². The average Bonchev–Trinajstić information content (AvgIpc) is 3.03. The molecule has 7 nitrogen and oxygen atoms in total. The van der Waals surface area contributed by atoms with Gasteiger partial charge in [-0.1, -0.05) is 0 Å². The van der Waals surface area contributed by atoms with E-state index in [0.717, 1.165) is 11.3 Å². The minimum absolute atomic E-state index is 0.274. The second kappa shape index (κ2) is 4.93. The fraction of sp³-hybridized carbons (Fsp3) is 0.214. The van der Waals surface area contributed by atoms with E-state index in [1.807, 2.05) is 41.7 Å². The first-order valence-electron chi connectivity index (χ1n) is 6.50. The zero-order valence-corrected chi connectivity index (χ0v) is 12.1. The predicted octanol–water partition coefficient (Wildman–Crippen LogP) is 1.39. The van der Waals surface area contributed by atoms with Crippen LogP contribution < -0.4 is 10.2 Å². The molecule has 0 aromatic carbocycles. The lowest BCUT2D eigenvalue weighted by Crippen LogP contribution is -2.12. The molecule has 0 fully saturated rings. The standard InChI is InChI=1S/C14H16N6O/c1-18(2)10-4-5-13-15-11(9-20(13)8-10)14(21)16-12-6-7-19(3)17-12/h4-9H,1-3H3,(H,16,17,21). The van der Waals surface area contributed by atoms with E-state index in [2.05, 4.69) is 15.4 Å². The summed E-state index contributed by atoms with van der Waals surface area (Å²) in [7, 11) is 5.73. The number of rotatable bonds is 3. The first-order valence-corrected chi connectivity index (χ1v) is 6.50. The molecule has 0 aliphatic rings. The van der Waals surface area contributed by atoms with Crippen molar-refractivity contribution in [3.63, 3.8) is 0 Å². The molecule has 3 rings (SSSR count). The minimum Gasteiger partial charge on any atom is -0.376 e. The molecular weight excluding hydrogens is 268 g/mol. The summed E-state index contributed by atoms with van der Waals surface area (Å²) in [4.78, 5) is 18.5. The van der Waals surface area contributed by atoms with Crippen LogP contribution in [-0.4, -0.2) is 39.2 Å². The van der Waals surface area contributed by atoms with Gasteiger partial charge in [0, 0.05) is 45.8 Å². The van der Waals surface area contributed by atoms with E-state index in [1.165, 1.54) is 0 Å². The lowest BCUT2D eigenvalue weighted by atomic mass is 10.4. The second-order valence-electron chi connectivity index (χ2n) is 5.00. The highest BCUT2D eigenvalue weighted by Crippen LogP contribution is 2.14. The molecule has 0 saturated carbocycles. The summed E-state index contributed by atoms with van der Waals surface area (Å²) in [6, 6.07) is 5.58. The number of amides is 1. The lowest BCUT2D eigenvalue weighted by Gasteiger charge is -2.11. The number of pyridine rings is 1. The van der Waals surface area contributed by atoms with E-state index in [9.17, 15) is 4.79 Å². The molecule has 0 aliphatic carbocycles. The van der Waals surface area contributed by atoms with Crippen molar-refractivity contribution in [2.75, 3.05) is 24.3 Å². The summed E-state index contributed by atoms with van der Waals surface area (Å²) >= 11 is 0. The van der Waals surface area contributed by atoms with Crippen LogP contribution in [0.2, 0.25) is 0 Å². The summed E-state index contributed by atoms with van der Waals surface area (Å²) in [5.74, 6) is 0.234. The third-order valence-electron chi connectivity index (χ3n) is 3.14. The van der Waals surface area contributed by atoms with Crippen LogP contribution in [0.25, 0.3) is 5.65 Å². The molecule has 0 bridgehead atoms. The van der Waals surface area contributed by atoms with Crippen molar-refractivity contribution < 1.29 is 4.79 Å². The Morgan fingerprint density at radius 1 is 1.24 bits per heavy atom. The molecule has 1 N–H and O–H groups in total. The number of carbonyl (C=O) groups excluding carboxylic acids is 1. The number of nitrogens with zero attached hydrogens (tertiary/aromatic N) is 5. The number of fused-ring (bicyclic) bond motifs is 1. The van der Waals surface area contributed by atoms with Gasteiger partial charge in [0.25, 0.3) is 5.91 Å². The van der Waals surface area contributed by atoms with Gasteiger partial charge in [-0.2, -0.15) is 5.10 Å². The van der Waals surface area contributed by atoms with Gasteiger partial charge >= 0.3 is 0 Å². The number of imidazole rings is 1. The Hall–Kier alpha value is -2.83. The molecular formula is C14H16N6O. The van der Waals surface area contributed by atoms with Crippen LogP contribution in [0.4, 0.5) is 11.5 Å². The number of hydrogen-bond acceptors (Lipinski definition) is 4. The van der Waals surface area contributed by atoms with E-state index < -0.39 is 0 Å². The van der Waals surface area contributed by atoms with Crippen LogP contribution in [0.15, 0.2) is 36.8 Å². The quantitative estimate of drug-likeness (QED) is 0.789. The molecule has 0 saturated heterocycles. The molecule has 0 unspecified atom stereocenters. The Bertz CT molecular complexity index is 801. The SMILES string of the molecule is CN(C)c1ccc2nc(C(=O)Nc3ccn(C)n3)cn2c1. The zero-order valence-electron chi connectivity index (χ0n) is 12.1. The Balaban J connectivity index is 1.88. The highest BCUT2D eigenvalue weighted by Gasteiger charge is 2.12. The topological polar surface area (TPSA) is 67.5 Å². The number of hydrogen-bond donors (Lipinski definition) is 1. The van der Waals surface area contributed by atoms with Crippen LogP contribution in [0.1, 0.15) is 10.5 Å². The summed E-state index contributed by atoms with van der Waals surface area (Å²) in [5.41, 5.74) is 2.12. The Morgan fingerprint density at radius 3 is 2.71 bits per heavy atom. The predicted molar refractivity (Wildman–Crippen MR) is 80.7 cm³/mol. The summed E-state index contributed by atoms with van der Waals surface area (Å²) in [6.07, 6.45) is 5.41. The van der Waals surface area contributed by atoms with E-state index in [0.29, 0.717) is 11.5 Å². The molecule has 108 valence electrons. The maximum Gasteiger partial charge on any atom is 0.277 e. The summed E-state index contributed by atoms with van der Waals surface area (Å²) in [5, 5.41) is 6.83. The minimum atomic E-state index is -0.274. The highest BCUT2D eigenvalue weighted by atomic mass is 16.2. The molecule has 21 heavy (non-hydrogen) atoms. The van der Waals surface area contributed by atoms with Gasteiger partial charge < -0.3 is 14.6 Å². The highest BCUT2D eigenvalue weighted by molar-refractivity contribution is 6.02. The van der Waals surface area contributed by atoms with Crippen molar-refractivity contribution in [2.45, 2.75) is 0 Å².